The Labute approximate surface area is 331 Å². The van der Waals surface area contributed by atoms with Crippen LogP contribution >= 0.6 is 0 Å². The topological polar surface area (TPSA) is 306 Å². The second kappa shape index (κ2) is 21.5. The number of aromatic amines is 2. The number of aromatic nitrogens is 2. The molecular formula is C32H36CaMgN6O10+2. The number of carboxylic acid groups (broad SMARTS) is 4. The van der Waals surface area contributed by atoms with Gasteiger partial charge in [0.25, 0.3) is 0 Å². The molecule has 2 amide bonds. The molecule has 0 saturated heterocycles. The van der Waals surface area contributed by atoms with Crippen LogP contribution in [0.4, 0.5) is 0 Å². The molecule has 0 saturated carbocycles. The summed E-state index contributed by atoms with van der Waals surface area (Å²) < 4.78 is 0. The van der Waals surface area contributed by atoms with Crippen LogP contribution in [0.2, 0.25) is 0 Å². The molecule has 0 aliphatic rings. The van der Waals surface area contributed by atoms with Gasteiger partial charge < -0.3 is 71.7 Å². The van der Waals surface area contributed by atoms with Crippen molar-refractivity contribution in [1.82, 2.24) is 20.6 Å². The summed E-state index contributed by atoms with van der Waals surface area (Å²) in [5.41, 5.74) is 9.90. The number of rotatable bonds is 16. The van der Waals surface area contributed by atoms with Gasteiger partial charge in [0.15, 0.2) is 0 Å². The summed E-state index contributed by atoms with van der Waals surface area (Å²) in [6.45, 7) is 0. The molecule has 4 aromatic rings. The number of carboxylic acids is 4. The number of para-hydroxylation sites is 2. The van der Waals surface area contributed by atoms with Crippen molar-refractivity contribution in [1.29, 1.82) is 0 Å². The third kappa shape index (κ3) is 13.5. The number of aliphatic carboxylic acids is 4. The number of fused-ring (bicyclic) bond motifs is 2. The Morgan fingerprint density at radius 1 is 0.600 bits per heavy atom. The first-order valence-corrected chi connectivity index (χ1v) is 14.9. The average Bonchev–Trinajstić information content (AvgIpc) is 3.65. The Bertz CT molecular complexity index is 1650. The van der Waals surface area contributed by atoms with E-state index in [9.17, 15) is 49.2 Å². The van der Waals surface area contributed by atoms with Crippen LogP contribution in [-0.4, -0.2) is 131 Å². The Kier molecular flexibility index (Phi) is 19.0. The number of benzene rings is 2. The molecule has 4 atom stereocenters. The minimum Gasteiger partial charge on any atom is -0.548 e. The van der Waals surface area contributed by atoms with Crippen molar-refractivity contribution in [3.05, 3.63) is 72.1 Å². The van der Waals surface area contributed by atoms with E-state index in [2.05, 4.69) is 32.1 Å². The maximum atomic E-state index is 11.8. The summed E-state index contributed by atoms with van der Waals surface area (Å²) >= 11 is 0. The fourth-order valence-electron chi connectivity index (χ4n) is 4.81. The van der Waals surface area contributed by atoms with Crippen molar-refractivity contribution in [3.8, 4) is 0 Å². The second-order valence-corrected chi connectivity index (χ2v) is 11.1. The van der Waals surface area contributed by atoms with Gasteiger partial charge >= 0.3 is 60.8 Å². The first-order chi connectivity index (χ1) is 22.8. The van der Waals surface area contributed by atoms with Gasteiger partial charge in [0.1, 0.15) is 12.1 Å². The number of carbonyl (C=O) groups excluding carboxylic acids is 6. The van der Waals surface area contributed by atoms with Gasteiger partial charge in [0.2, 0.25) is 11.8 Å². The fraction of sp³-hybridized carbons (Fsp3) is 0.312. The fourth-order valence-corrected chi connectivity index (χ4v) is 4.81. The predicted molar refractivity (Wildman–Crippen MR) is 171 cm³/mol. The molecular weight excluding hydrogens is 693 g/mol. The van der Waals surface area contributed by atoms with Gasteiger partial charge in [-0.1, -0.05) is 36.4 Å². The summed E-state index contributed by atoms with van der Waals surface area (Å²) in [7, 11) is 0. The Balaban J connectivity index is 0.000000481. The largest absolute Gasteiger partial charge is 2.00 e. The van der Waals surface area contributed by atoms with Gasteiger partial charge in [0, 0.05) is 72.7 Å². The van der Waals surface area contributed by atoms with Gasteiger partial charge in [-0.15, -0.1) is 0 Å². The van der Waals surface area contributed by atoms with E-state index in [1.807, 2.05) is 48.5 Å². The molecule has 18 heteroatoms. The third-order valence-corrected chi connectivity index (χ3v) is 7.54. The molecule has 2 heterocycles. The summed E-state index contributed by atoms with van der Waals surface area (Å²) in [5.74, 6) is -6.65. The Hall–Kier alpha value is -3.71. The molecule has 0 radical (unpaired) electrons. The van der Waals surface area contributed by atoms with E-state index in [4.69, 9.17) is 0 Å². The smallest absolute Gasteiger partial charge is 0.548 e. The van der Waals surface area contributed by atoms with E-state index in [1.54, 1.807) is 12.4 Å². The Morgan fingerprint density at radius 2 is 0.940 bits per heavy atom. The van der Waals surface area contributed by atoms with Crippen molar-refractivity contribution < 1.29 is 60.7 Å². The van der Waals surface area contributed by atoms with Crippen LogP contribution < -0.4 is 42.5 Å². The molecule has 256 valence electrons. The van der Waals surface area contributed by atoms with Crippen molar-refractivity contribution in [2.75, 3.05) is 0 Å². The van der Waals surface area contributed by atoms with Crippen LogP contribution in [-0.2, 0) is 41.6 Å². The predicted octanol–water partition coefficient (Wildman–Crippen LogP) is -6.59. The maximum absolute atomic E-state index is 11.8. The molecule has 16 nitrogen and oxygen atoms in total. The van der Waals surface area contributed by atoms with E-state index in [0.29, 0.717) is 0 Å². The number of hydrogen-bond donors (Lipinski definition) is 6. The van der Waals surface area contributed by atoms with Crippen LogP contribution in [0.15, 0.2) is 60.9 Å². The minimum atomic E-state index is -1.40. The van der Waals surface area contributed by atoms with Crippen LogP contribution in [0.25, 0.3) is 21.8 Å². The summed E-state index contributed by atoms with van der Waals surface area (Å²) in [6, 6.07) is 10.3. The van der Waals surface area contributed by atoms with Crippen LogP contribution in [0.5, 0.6) is 0 Å². The van der Waals surface area contributed by atoms with Crippen LogP contribution in [0.1, 0.15) is 36.8 Å². The number of hydrogen-bond acceptors (Lipinski definition) is 10. The molecule has 50 heavy (non-hydrogen) atoms. The molecule has 0 unspecified atom stereocenters. The normalized spacial score (nSPS) is 12.8. The molecule has 2 aromatic carbocycles. The standard InChI is InChI=1S/2C16H19N3O5.Ca.Mg/c2*17-11(15(21)22)5-6-14(20)19-13(16(23)24)7-9-8-18-12-4-2-1-3-10(9)12;;/h2*1-4,8,11,13,18H,5-7,17H2,(H,19,20)(H,21,22)(H,23,24);;/q;;2*+2/p-2/t2*11-,13-;;/m11../s1. The molecule has 0 aliphatic heterocycles. The SMILES string of the molecule is [Ca+2].[Mg+2].[NH3+][C@H](CCC(=O)N[C@H](Cc1c[nH]c2ccccc12)C(=O)[O-])C(=O)[O-].[NH3+][C@H](CCC(=O)N[C@H](Cc1c[nH]c2ccccc12)C(=O)[O-])C(=O)[O-]. The molecule has 10 N–H and O–H groups in total. The van der Waals surface area contributed by atoms with Gasteiger partial charge in [0.05, 0.1) is 36.0 Å². The van der Waals surface area contributed by atoms with E-state index < -0.39 is 59.9 Å². The maximum Gasteiger partial charge on any atom is 2.00 e. The number of carbonyl (C=O) groups is 6. The number of nitrogens with one attached hydrogen (secondary N) is 4. The first kappa shape index (κ1) is 44.3. The molecule has 0 spiro atoms. The van der Waals surface area contributed by atoms with Crippen LogP contribution in [0.3, 0.4) is 0 Å². The van der Waals surface area contributed by atoms with Gasteiger partial charge in [-0.2, -0.15) is 0 Å². The average molecular weight is 729 g/mol. The zero-order chi connectivity index (χ0) is 35.4. The Morgan fingerprint density at radius 3 is 1.26 bits per heavy atom. The zero-order valence-corrected chi connectivity index (χ0v) is 30.9. The molecule has 0 fully saturated rings. The summed E-state index contributed by atoms with van der Waals surface area (Å²) in [6.07, 6.45) is 3.14. The molecule has 0 aliphatic carbocycles. The summed E-state index contributed by atoms with van der Waals surface area (Å²) in [4.78, 5) is 73.4. The van der Waals surface area contributed by atoms with Gasteiger partial charge in [-0.05, 0) is 23.3 Å². The second-order valence-electron chi connectivity index (χ2n) is 11.1. The number of amides is 2. The van der Waals surface area contributed by atoms with Crippen LogP contribution in [0, 0.1) is 0 Å². The third-order valence-electron chi connectivity index (χ3n) is 7.54. The van der Waals surface area contributed by atoms with E-state index in [0.717, 1.165) is 32.9 Å². The minimum absolute atomic E-state index is 0. The first-order valence-electron chi connectivity index (χ1n) is 14.9. The number of H-pyrrole nitrogens is 2. The molecule has 2 aromatic heterocycles. The monoisotopic (exact) mass is 728 g/mol. The number of quaternary nitrogens is 2. The van der Waals surface area contributed by atoms with E-state index >= 15 is 0 Å². The van der Waals surface area contributed by atoms with E-state index in [1.165, 1.54) is 0 Å². The van der Waals surface area contributed by atoms with Crippen molar-refractivity contribution in [3.63, 3.8) is 0 Å². The van der Waals surface area contributed by atoms with Crippen molar-refractivity contribution in [2.45, 2.75) is 62.7 Å². The van der Waals surface area contributed by atoms with Gasteiger partial charge in [-0.25, -0.2) is 0 Å². The quantitative estimate of drug-likeness (QED) is 0.0593. The van der Waals surface area contributed by atoms with Crippen molar-refractivity contribution >= 4 is 118 Å². The molecule has 0 bridgehead atoms. The van der Waals surface area contributed by atoms with Crippen molar-refractivity contribution in [2.24, 2.45) is 0 Å². The summed E-state index contributed by atoms with van der Waals surface area (Å²) in [5, 5.41) is 50.2. The van der Waals surface area contributed by atoms with Gasteiger partial charge in [-0.3, -0.25) is 9.59 Å². The van der Waals surface area contributed by atoms with E-state index in [-0.39, 0.29) is 99.3 Å². The molecule has 4 rings (SSSR count). The zero-order valence-electron chi connectivity index (χ0n) is 27.2.